The molecule has 3 rings (SSSR count). The van der Waals surface area contributed by atoms with Crippen LogP contribution in [0.15, 0.2) is 34.9 Å². The number of H-pyrrole nitrogens is 1. The molecule has 1 N–H and O–H groups in total. The molecule has 0 saturated heterocycles. The molecule has 2 heterocycles. The van der Waals surface area contributed by atoms with E-state index in [0.717, 1.165) is 36.2 Å². The fourth-order valence-corrected chi connectivity index (χ4v) is 3.70. The number of amides is 1. The first-order chi connectivity index (χ1) is 12.3. The van der Waals surface area contributed by atoms with E-state index in [2.05, 4.69) is 59.9 Å². The van der Waals surface area contributed by atoms with Crippen LogP contribution in [0.25, 0.3) is 0 Å². The molecular formula is C21H27BrN2O2. The lowest BCUT2D eigenvalue weighted by atomic mass is 9.87. The number of carbonyl (C=O) groups is 1. The van der Waals surface area contributed by atoms with Crippen LogP contribution < -0.4 is 4.74 Å². The van der Waals surface area contributed by atoms with Gasteiger partial charge in [-0.3, -0.25) is 4.79 Å². The largest absolute Gasteiger partial charge is 0.492 e. The van der Waals surface area contributed by atoms with Gasteiger partial charge in [0.25, 0.3) is 0 Å². The number of nitrogens with zero attached hydrogens (tertiary/aromatic N) is 1. The van der Waals surface area contributed by atoms with Crippen LogP contribution in [0.5, 0.6) is 5.75 Å². The molecule has 0 atom stereocenters. The lowest BCUT2D eigenvalue weighted by Crippen LogP contribution is -2.35. The summed E-state index contributed by atoms with van der Waals surface area (Å²) in [4.78, 5) is 17.6. The summed E-state index contributed by atoms with van der Waals surface area (Å²) < 4.78 is 6.83. The summed E-state index contributed by atoms with van der Waals surface area (Å²) in [6.07, 6.45) is 4.12. The summed E-state index contributed by atoms with van der Waals surface area (Å²) in [6.45, 7) is 8.64. The van der Waals surface area contributed by atoms with Gasteiger partial charge in [-0.05, 0) is 57.1 Å². The maximum absolute atomic E-state index is 12.4. The highest BCUT2D eigenvalue weighted by Crippen LogP contribution is 2.31. The van der Waals surface area contributed by atoms with E-state index in [1.807, 2.05) is 17.2 Å². The van der Waals surface area contributed by atoms with Gasteiger partial charge in [-0.2, -0.15) is 0 Å². The number of hydrogen-bond acceptors (Lipinski definition) is 2. The van der Waals surface area contributed by atoms with Gasteiger partial charge in [-0.1, -0.05) is 26.8 Å². The maximum Gasteiger partial charge on any atom is 0.223 e. The fourth-order valence-electron chi connectivity index (χ4n) is 3.21. The van der Waals surface area contributed by atoms with E-state index >= 15 is 0 Å². The molecule has 4 nitrogen and oxygen atoms in total. The van der Waals surface area contributed by atoms with Gasteiger partial charge in [0.2, 0.25) is 5.91 Å². The predicted molar refractivity (Wildman–Crippen MR) is 107 cm³/mol. The summed E-state index contributed by atoms with van der Waals surface area (Å²) in [6, 6.07) is 8.29. The second-order valence-corrected chi connectivity index (χ2v) is 8.75. The molecule has 1 amide bonds. The third-order valence-electron chi connectivity index (χ3n) is 4.87. The molecule has 1 aliphatic rings. The van der Waals surface area contributed by atoms with Gasteiger partial charge in [0.05, 0.1) is 11.1 Å². The van der Waals surface area contributed by atoms with Gasteiger partial charge in [0, 0.05) is 37.8 Å². The molecule has 0 aliphatic carbocycles. The highest BCUT2D eigenvalue weighted by Gasteiger charge is 2.21. The Morgan fingerprint density at radius 1 is 1.31 bits per heavy atom. The van der Waals surface area contributed by atoms with Gasteiger partial charge < -0.3 is 14.6 Å². The van der Waals surface area contributed by atoms with Crippen molar-refractivity contribution in [2.75, 3.05) is 13.2 Å². The second kappa shape index (κ2) is 7.87. The standard InChI is InChI=1S/C21H27BrN2O2/c1-21(2,3)16-6-7-19(17(22)13-16)26-12-4-5-20(25)24-11-9-18-15(14-24)8-10-23-18/h6-8,10,13,23H,4-5,9,11-12,14H2,1-3H3. The van der Waals surface area contributed by atoms with Crippen LogP contribution in [0.2, 0.25) is 0 Å². The van der Waals surface area contributed by atoms with Crippen LogP contribution in [-0.2, 0) is 23.2 Å². The minimum Gasteiger partial charge on any atom is -0.492 e. The Kier molecular flexibility index (Phi) is 5.76. The predicted octanol–water partition coefficient (Wildman–Crippen LogP) is 4.82. The van der Waals surface area contributed by atoms with Crippen molar-refractivity contribution in [2.45, 2.75) is 52.0 Å². The molecule has 0 bridgehead atoms. The van der Waals surface area contributed by atoms with Gasteiger partial charge >= 0.3 is 0 Å². The topological polar surface area (TPSA) is 45.3 Å². The van der Waals surface area contributed by atoms with E-state index in [9.17, 15) is 4.79 Å². The van der Waals surface area contributed by atoms with Crippen molar-refractivity contribution >= 4 is 21.8 Å². The number of benzene rings is 1. The molecule has 0 fully saturated rings. The summed E-state index contributed by atoms with van der Waals surface area (Å²) in [7, 11) is 0. The number of aromatic nitrogens is 1. The molecule has 1 aliphatic heterocycles. The van der Waals surface area contributed by atoms with Gasteiger partial charge in [-0.25, -0.2) is 0 Å². The quantitative estimate of drug-likeness (QED) is 0.707. The molecule has 1 aromatic carbocycles. The van der Waals surface area contributed by atoms with Crippen LogP contribution in [0.3, 0.4) is 0 Å². The number of carbonyl (C=O) groups excluding carboxylic acids is 1. The van der Waals surface area contributed by atoms with Crippen molar-refractivity contribution in [3.05, 3.63) is 51.8 Å². The van der Waals surface area contributed by atoms with Gasteiger partial charge in [-0.15, -0.1) is 0 Å². The van der Waals surface area contributed by atoms with Crippen LogP contribution in [0.1, 0.15) is 50.4 Å². The molecule has 1 aromatic heterocycles. The number of ether oxygens (including phenoxy) is 1. The Bertz CT molecular complexity index is 777. The number of rotatable bonds is 5. The van der Waals surface area contributed by atoms with E-state index in [1.165, 1.54) is 16.8 Å². The number of fused-ring (bicyclic) bond motifs is 1. The first-order valence-electron chi connectivity index (χ1n) is 9.20. The monoisotopic (exact) mass is 418 g/mol. The molecule has 0 saturated carbocycles. The smallest absolute Gasteiger partial charge is 0.223 e. The maximum atomic E-state index is 12.4. The molecular weight excluding hydrogens is 392 g/mol. The van der Waals surface area contributed by atoms with Gasteiger partial charge in [0.1, 0.15) is 5.75 Å². The average molecular weight is 419 g/mol. The van der Waals surface area contributed by atoms with E-state index in [-0.39, 0.29) is 11.3 Å². The Hall–Kier alpha value is -1.75. The van der Waals surface area contributed by atoms with Crippen molar-refractivity contribution in [2.24, 2.45) is 0 Å². The first-order valence-corrected chi connectivity index (χ1v) is 9.99. The van der Waals surface area contributed by atoms with Crippen LogP contribution in [0.4, 0.5) is 0 Å². The Labute approximate surface area is 164 Å². The lowest BCUT2D eigenvalue weighted by Gasteiger charge is -2.27. The number of halogens is 1. The van der Waals surface area contributed by atoms with E-state index in [4.69, 9.17) is 4.74 Å². The highest BCUT2D eigenvalue weighted by atomic mass is 79.9. The summed E-state index contributed by atoms with van der Waals surface area (Å²) in [5.41, 5.74) is 3.88. The zero-order valence-electron chi connectivity index (χ0n) is 15.8. The normalized spacial score (nSPS) is 14.2. The zero-order chi connectivity index (χ0) is 18.7. The summed E-state index contributed by atoms with van der Waals surface area (Å²) >= 11 is 3.59. The molecule has 2 aromatic rings. The molecule has 0 spiro atoms. The number of hydrogen-bond donors (Lipinski definition) is 1. The lowest BCUT2D eigenvalue weighted by molar-refractivity contribution is -0.132. The Balaban J connectivity index is 1.45. The van der Waals surface area contributed by atoms with E-state index in [0.29, 0.717) is 13.0 Å². The van der Waals surface area contributed by atoms with E-state index in [1.54, 1.807) is 0 Å². The minimum atomic E-state index is 0.112. The fraction of sp³-hybridized carbons (Fsp3) is 0.476. The van der Waals surface area contributed by atoms with E-state index < -0.39 is 0 Å². The number of aromatic amines is 1. The van der Waals surface area contributed by atoms with Crippen LogP contribution in [-0.4, -0.2) is 28.9 Å². The molecule has 26 heavy (non-hydrogen) atoms. The SMILES string of the molecule is CC(C)(C)c1ccc(OCCCC(=O)N2CCc3[nH]ccc3C2)c(Br)c1. The van der Waals surface area contributed by atoms with Crippen molar-refractivity contribution < 1.29 is 9.53 Å². The van der Waals surface area contributed by atoms with Gasteiger partial charge in [0.15, 0.2) is 0 Å². The molecule has 0 radical (unpaired) electrons. The third kappa shape index (κ3) is 4.50. The average Bonchev–Trinajstić information content (AvgIpc) is 3.06. The first kappa shape index (κ1) is 19.0. The zero-order valence-corrected chi connectivity index (χ0v) is 17.4. The van der Waals surface area contributed by atoms with Crippen LogP contribution >= 0.6 is 15.9 Å². The van der Waals surface area contributed by atoms with Crippen molar-refractivity contribution in [3.8, 4) is 5.75 Å². The van der Waals surface area contributed by atoms with Crippen molar-refractivity contribution in [3.63, 3.8) is 0 Å². The number of nitrogens with one attached hydrogen (secondary N) is 1. The van der Waals surface area contributed by atoms with Crippen LogP contribution in [0, 0.1) is 0 Å². The van der Waals surface area contributed by atoms with Crippen molar-refractivity contribution in [1.82, 2.24) is 9.88 Å². The summed E-state index contributed by atoms with van der Waals surface area (Å²) in [5, 5.41) is 0. The Morgan fingerprint density at radius 3 is 2.85 bits per heavy atom. The second-order valence-electron chi connectivity index (χ2n) is 7.89. The molecule has 0 unspecified atom stereocenters. The third-order valence-corrected chi connectivity index (χ3v) is 5.49. The Morgan fingerprint density at radius 2 is 2.12 bits per heavy atom. The minimum absolute atomic E-state index is 0.112. The highest BCUT2D eigenvalue weighted by molar-refractivity contribution is 9.10. The van der Waals surface area contributed by atoms with Crippen molar-refractivity contribution in [1.29, 1.82) is 0 Å². The molecule has 5 heteroatoms. The molecule has 140 valence electrons. The summed E-state index contributed by atoms with van der Waals surface area (Å²) in [5.74, 6) is 1.04.